The Bertz CT molecular complexity index is 632. The zero-order valence-electron chi connectivity index (χ0n) is 11.8. The lowest BCUT2D eigenvalue weighted by atomic mass is 10.3. The van der Waals surface area contributed by atoms with Crippen molar-refractivity contribution in [2.45, 2.75) is 13.3 Å². The van der Waals surface area contributed by atoms with Crippen LogP contribution in [0.3, 0.4) is 0 Å². The maximum absolute atomic E-state index is 11.6. The molecule has 8 nitrogen and oxygen atoms in total. The largest absolute Gasteiger partial charge is 0.370 e. The second-order valence-corrected chi connectivity index (χ2v) is 7.15. The van der Waals surface area contributed by atoms with Gasteiger partial charge in [0.1, 0.15) is 11.6 Å². The van der Waals surface area contributed by atoms with Gasteiger partial charge in [-0.05, 0) is 13.3 Å². The Morgan fingerprint density at radius 3 is 2.81 bits per heavy atom. The standard InChI is InChI=1S/C12H18N4O4S/c1-2-13-11-8-10(16(17)18)9-12(14-11)15-4-3-6-21(19,20)7-5-15/h8-9H,2-7H2,1H3,(H,13,14). The fraction of sp³-hybridized carbons (Fsp3) is 0.583. The Morgan fingerprint density at radius 2 is 2.14 bits per heavy atom. The van der Waals surface area contributed by atoms with E-state index in [1.54, 1.807) is 4.90 Å². The number of rotatable bonds is 4. The second kappa shape index (κ2) is 6.25. The van der Waals surface area contributed by atoms with Crippen LogP contribution in [0.2, 0.25) is 0 Å². The molecule has 0 spiro atoms. The van der Waals surface area contributed by atoms with E-state index < -0.39 is 14.8 Å². The van der Waals surface area contributed by atoms with Crippen LogP contribution >= 0.6 is 0 Å². The van der Waals surface area contributed by atoms with Gasteiger partial charge in [0.2, 0.25) is 0 Å². The molecule has 1 aromatic rings. The number of hydrogen-bond acceptors (Lipinski definition) is 7. The van der Waals surface area contributed by atoms with Crippen LogP contribution < -0.4 is 10.2 Å². The minimum absolute atomic E-state index is 0.0495. The number of nitrogens with one attached hydrogen (secondary N) is 1. The van der Waals surface area contributed by atoms with E-state index in [0.29, 0.717) is 37.7 Å². The number of nitrogens with zero attached hydrogens (tertiary/aromatic N) is 3. The lowest BCUT2D eigenvalue weighted by molar-refractivity contribution is -0.384. The summed E-state index contributed by atoms with van der Waals surface area (Å²) < 4.78 is 23.2. The SMILES string of the molecule is CCNc1cc([N+](=O)[O-])cc(N2CCCS(=O)(=O)CC2)n1. The highest BCUT2D eigenvalue weighted by Crippen LogP contribution is 2.24. The average molecular weight is 314 g/mol. The molecular formula is C12H18N4O4S. The summed E-state index contributed by atoms with van der Waals surface area (Å²) >= 11 is 0. The lowest BCUT2D eigenvalue weighted by Gasteiger charge is -2.21. The molecule has 0 atom stereocenters. The van der Waals surface area contributed by atoms with Gasteiger partial charge >= 0.3 is 0 Å². The first kappa shape index (κ1) is 15.5. The molecule has 0 radical (unpaired) electrons. The summed E-state index contributed by atoms with van der Waals surface area (Å²) in [6, 6.07) is 2.76. The van der Waals surface area contributed by atoms with E-state index in [1.807, 2.05) is 6.92 Å². The number of hydrogen-bond donors (Lipinski definition) is 1. The van der Waals surface area contributed by atoms with Crippen molar-refractivity contribution in [3.63, 3.8) is 0 Å². The summed E-state index contributed by atoms with van der Waals surface area (Å²) in [6.07, 6.45) is 0.503. The minimum Gasteiger partial charge on any atom is -0.370 e. The van der Waals surface area contributed by atoms with Crippen molar-refractivity contribution in [1.29, 1.82) is 0 Å². The smallest absolute Gasteiger partial charge is 0.276 e. The maximum atomic E-state index is 11.6. The number of anilines is 2. The molecular weight excluding hydrogens is 296 g/mol. The number of aromatic nitrogens is 1. The molecule has 1 fully saturated rings. The third-order valence-electron chi connectivity index (χ3n) is 3.24. The van der Waals surface area contributed by atoms with E-state index in [2.05, 4.69) is 10.3 Å². The van der Waals surface area contributed by atoms with Gasteiger partial charge in [-0.15, -0.1) is 0 Å². The third-order valence-corrected chi connectivity index (χ3v) is 4.96. The predicted molar refractivity (Wildman–Crippen MR) is 80.5 cm³/mol. The van der Waals surface area contributed by atoms with Gasteiger partial charge in [-0.2, -0.15) is 0 Å². The molecule has 0 saturated carbocycles. The van der Waals surface area contributed by atoms with E-state index >= 15 is 0 Å². The van der Waals surface area contributed by atoms with Crippen molar-refractivity contribution >= 4 is 27.2 Å². The predicted octanol–water partition coefficient (Wildman–Crippen LogP) is 1.05. The zero-order valence-corrected chi connectivity index (χ0v) is 12.6. The number of nitro groups is 1. The van der Waals surface area contributed by atoms with Crippen molar-refractivity contribution in [1.82, 2.24) is 4.98 Å². The van der Waals surface area contributed by atoms with Crippen molar-refractivity contribution in [2.24, 2.45) is 0 Å². The Balaban J connectivity index is 2.31. The Morgan fingerprint density at radius 1 is 1.38 bits per heavy atom. The molecule has 9 heteroatoms. The van der Waals surface area contributed by atoms with Gasteiger partial charge in [0.25, 0.3) is 5.69 Å². The van der Waals surface area contributed by atoms with Crippen molar-refractivity contribution < 1.29 is 13.3 Å². The number of sulfone groups is 1. The highest BCUT2D eigenvalue weighted by molar-refractivity contribution is 7.91. The summed E-state index contributed by atoms with van der Waals surface area (Å²) in [5.41, 5.74) is -0.0527. The highest BCUT2D eigenvalue weighted by Gasteiger charge is 2.22. The molecule has 0 aliphatic carbocycles. The molecule has 1 saturated heterocycles. The van der Waals surface area contributed by atoms with Crippen LogP contribution in [0.15, 0.2) is 12.1 Å². The fourth-order valence-corrected chi connectivity index (χ4v) is 3.48. The van der Waals surface area contributed by atoms with Gasteiger partial charge in [0.15, 0.2) is 9.84 Å². The summed E-state index contributed by atoms with van der Waals surface area (Å²) in [5.74, 6) is 1.07. The maximum Gasteiger partial charge on any atom is 0.276 e. The highest BCUT2D eigenvalue weighted by atomic mass is 32.2. The third kappa shape index (κ3) is 4.03. The molecule has 1 aromatic heterocycles. The molecule has 116 valence electrons. The zero-order chi connectivity index (χ0) is 15.5. The van der Waals surface area contributed by atoms with Crippen LogP contribution in [-0.2, 0) is 9.84 Å². The van der Waals surface area contributed by atoms with Gasteiger partial charge in [0.05, 0.1) is 28.6 Å². The van der Waals surface area contributed by atoms with Gasteiger partial charge in [-0.25, -0.2) is 13.4 Å². The molecule has 2 heterocycles. The number of pyridine rings is 1. The molecule has 0 aromatic carbocycles. The molecule has 1 aliphatic rings. The summed E-state index contributed by atoms with van der Waals surface area (Å²) in [4.78, 5) is 16.7. The van der Waals surface area contributed by atoms with Crippen LogP contribution in [-0.4, -0.2) is 49.5 Å². The molecule has 0 amide bonds. The topological polar surface area (TPSA) is 105 Å². The van der Waals surface area contributed by atoms with Crippen molar-refractivity contribution in [3.05, 3.63) is 22.2 Å². The second-order valence-electron chi connectivity index (χ2n) is 4.85. The van der Waals surface area contributed by atoms with E-state index in [0.717, 1.165) is 0 Å². The van der Waals surface area contributed by atoms with Crippen molar-refractivity contribution in [3.8, 4) is 0 Å². The van der Waals surface area contributed by atoms with Crippen LogP contribution in [0.5, 0.6) is 0 Å². The van der Waals surface area contributed by atoms with E-state index in [-0.39, 0.29) is 17.2 Å². The minimum atomic E-state index is -3.03. The fourth-order valence-electron chi connectivity index (χ4n) is 2.21. The van der Waals surface area contributed by atoms with Crippen molar-refractivity contribution in [2.75, 3.05) is 41.4 Å². The Hall–Kier alpha value is -1.90. The first-order valence-corrected chi connectivity index (χ1v) is 8.59. The summed E-state index contributed by atoms with van der Waals surface area (Å²) in [6.45, 7) is 3.31. The Labute approximate surface area is 123 Å². The molecule has 1 N–H and O–H groups in total. The molecule has 21 heavy (non-hydrogen) atoms. The molecule has 0 bridgehead atoms. The normalized spacial score (nSPS) is 18.0. The first-order chi connectivity index (χ1) is 9.91. The van der Waals surface area contributed by atoms with Crippen LogP contribution in [0.25, 0.3) is 0 Å². The van der Waals surface area contributed by atoms with Crippen LogP contribution in [0.1, 0.15) is 13.3 Å². The van der Waals surface area contributed by atoms with Crippen LogP contribution in [0, 0.1) is 10.1 Å². The van der Waals surface area contributed by atoms with Gasteiger partial charge in [-0.3, -0.25) is 10.1 Å². The molecule has 1 aliphatic heterocycles. The van der Waals surface area contributed by atoms with Gasteiger partial charge < -0.3 is 10.2 Å². The van der Waals surface area contributed by atoms with E-state index in [1.165, 1.54) is 12.1 Å². The van der Waals surface area contributed by atoms with Gasteiger partial charge in [-0.1, -0.05) is 0 Å². The summed E-state index contributed by atoms with van der Waals surface area (Å²) in [5, 5.41) is 14.0. The van der Waals surface area contributed by atoms with Gasteiger partial charge in [0, 0.05) is 19.6 Å². The van der Waals surface area contributed by atoms with E-state index in [4.69, 9.17) is 0 Å². The molecule has 2 rings (SSSR count). The monoisotopic (exact) mass is 314 g/mol. The lowest BCUT2D eigenvalue weighted by Crippen LogP contribution is -2.27. The Kier molecular flexibility index (Phi) is 4.61. The van der Waals surface area contributed by atoms with Crippen LogP contribution in [0.4, 0.5) is 17.3 Å². The molecule has 0 unspecified atom stereocenters. The van der Waals surface area contributed by atoms with E-state index in [9.17, 15) is 18.5 Å². The first-order valence-electron chi connectivity index (χ1n) is 6.77. The quantitative estimate of drug-likeness (QED) is 0.654. The summed E-state index contributed by atoms with van der Waals surface area (Å²) in [7, 11) is -3.03. The average Bonchev–Trinajstić information content (AvgIpc) is 2.59.